The van der Waals surface area contributed by atoms with Gasteiger partial charge in [-0.05, 0) is 73.4 Å². The van der Waals surface area contributed by atoms with E-state index in [0.29, 0.717) is 48.3 Å². The highest BCUT2D eigenvalue weighted by Gasteiger charge is 2.12. The van der Waals surface area contributed by atoms with Crippen LogP contribution in [0.25, 0.3) is 11.3 Å². The summed E-state index contributed by atoms with van der Waals surface area (Å²) in [6.45, 7) is 3.40. The molecule has 47 heavy (non-hydrogen) atoms. The Morgan fingerprint density at radius 2 is 1.55 bits per heavy atom. The summed E-state index contributed by atoms with van der Waals surface area (Å²) in [7, 11) is -7.06. The minimum atomic E-state index is -3.53. The van der Waals surface area contributed by atoms with Crippen LogP contribution in [0.5, 0.6) is 5.75 Å². The number of nitrogens with zero attached hydrogens (tertiary/aromatic N) is 3. The summed E-state index contributed by atoms with van der Waals surface area (Å²) in [6.07, 6.45) is 4.76. The summed E-state index contributed by atoms with van der Waals surface area (Å²) in [4.78, 5) is 11.4. The number of rotatable bonds is 17. The number of hydrogen-bond donors (Lipinski definition) is 0. The van der Waals surface area contributed by atoms with Gasteiger partial charge in [0.15, 0.2) is 0 Å². The Morgan fingerprint density at radius 3 is 2.15 bits per heavy atom. The molecule has 252 valence electrons. The third-order valence-corrected chi connectivity index (χ3v) is 9.21. The molecule has 0 N–H and O–H groups in total. The second-order valence-electron chi connectivity index (χ2n) is 10.6. The SMILES string of the molecule is Cc1cc(N(CCCOS(C)(=O)=O)CCCOS(C)(=O)=O)ccc1C=Nc1ccc(-c2csc(COc3ccc(Cl)cc3Cl)n2)cc1. The van der Waals surface area contributed by atoms with Crippen LogP contribution in [0, 0.1) is 6.92 Å². The molecule has 15 heteroatoms. The second kappa shape index (κ2) is 16.9. The van der Waals surface area contributed by atoms with Gasteiger partial charge in [-0.2, -0.15) is 16.8 Å². The first kappa shape index (κ1) is 36.8. The molecule has 3 aromatic carbocycles. The van der Waals surface area contributed by atoms with Crippen molar-refractivity contribution >= 4 is 72.4 Å². The van der Waals surface area contributed by atoms with E-state index >= 15 is 0 Å². The molecule has 10 nitrogen and oxygen atoms in total. The first-order valence-corrected chi connectivity index (χ1v) is 19.7. The molecule has 0 atom stereocenters. The number of aromatic nitrogens is 1. The third kappa shape index (κ3) is 12.5. The molecule has 0 unspecified atom stereocenters. The molecular formula is C32H35Cl2N3O7S3. The lowest BCUT2D eigenvalue weighted by Crippen LogP contribution is -2.28. The number of thiazole rings is 1. The molecule has 0 fully saturated rings. The number of aliphatic imine (C=N–C) groups is 1. The molecule has 0 spiro atoms. The predicted molar refractivity (Wildman–Crippen MR) is 190 cm³/mol. The van der Waals surface area contributed by atoms with Crippen LogP contribution < -0.4 is 9.64 Å². The first-order valence-electron chi connectivity index (χ1n) is 14.5. The lowest BCUT2D eigenvalue weighted by Gasteiger charge is -2.25. The molecule has 0 aliphatic rings. The summed E-state index contributed by atoms with van der Waals surface area (Å²) in [5, 5.41) is 3.78. The van der Waals surface area contributed by atoms with E-state index in [0.717, 1.165) is 51.3 Å². The average Bonchev–Trinajstić information content (AvgIpc) is 3.47. The maximum Gasteiger partial charge on any atom is 0.264 e. The van der Waals surface area contributed by atoms with E-state index in [1.807, 2.05) is 59.7 Å². The second-order valence-corrected chi connectivity index (χ2v) is 15.7. The van der Waals surface area contributed by atoms with Gasteiger partial charge in [-0.3, -0.25) is 13.4 Å². The molecule has 4 rings (SSSR count). The van der Waals surface area contributed by atoms with Crippen LogP contribution in [0.2, 0.25) is 10.0 Å². The molecule has 0 bridgehead atoms. The molecule has 0 aliphatic heterocycles. The van der Waals surface area contributed by atoms with Crippen molar-refractivity contribution in [3.05, 3.63) is 92.2 Å². The van der Waals surface area contributed by atoms with Gasteiger partial charge >= 0.3 is 0 Å². The minimum Gasteiger partial charge on any atom is -0.485 e. The van der Waals surface area contributed by atoms with Gasteiger partial charge in [0.25, 0.3) is 20.2 Å². The Morgan fingerprint density at radius 1 is 0.894 bits per heavy atom. The molecule has 0 saturated heterocycles. The Hall–Kier alpha value is -3.04. The minimum absolute atomic E-state index is 0.0510. The molecule has 0 saturated carbocycles. The van der Waals surface area contributed by atoms with Gasteiger partial charge in [-0.15, -0.1) is 11.3 Å². The number of hydrogen-bond acceptors (Lipinski definition) is 11. The van der Waals surface area contributed by atoms with E-state index < -0.39 is 20.2 Å². The molecule has 1 heterocycles. The maximum absolute atomic E-state index is 11.3. The van der Waals surface area contributed by atoms with Crippen molar-refractivity contribution in [3.63, 3.8) is 0 Å². The molecular weight excluding hydrogens is 705 g/mol. The number of aryl methyl sites for hydroxylation is 1. The summed E-state index contributed by atoms with van der Waals surface area (Å²) in [5.41, 5.74) is 5.42. The highest BCUT2D eigenvalue weighted by atomic mass is 35.5. The van der Waals surface area contributed by atoms with Crippen molar-refractivity contribution in [2.24, 2.45) is 4.99 Å². The van der Waals surface area contributed by atoms with Crippen molar-refractivity contribution in [2.75, 3.05) is 43.7 Å². The fourth-order valence-corrected chi connectivity index (χ4v) is 6.43. The van der Waals surface area contributed by atoms with Crippen LogP contribution in [-0.4, -0.2) is 66.8 Å². The van der Waals surface area contributed by atoms with Crippen molar-refractivity contribution in [2.45, 2.75) is 26.4 Å². The number of benzene rings is 3. The van der Waals surface area contributed by atoms with Crippen LogP contribution in [0.4, 0.5) is 11.4 Å². The summed E-state index contributed by atoms with van der Waals surface area (Å²) < 4.78 is 60.9. The van der Waals surface area contributed by atoms with E-state index in [4.69, 9.17) is 36.3 Å². The van der Waals surface area contributed by atoms with Crippen molar-refractivity contribution < 1.29 is 29.9 Å². The molecule has 4 aromatic rings. The maximum atomic E-state index is 11.3. The fourth-order valence-electron chi connectivity index (χ4n) is 4.41. The molecule has 0 aliphatic carbocycles. The van der Waals surface area contributed by atoms with E-state index in [1.54, 1.807) is 24.4 Å². The van der Waals surface area contributed by atoms with Gasteiger partial charge in [-0.1, -0.05) is 41.4 Å². The van der Waals surface area contributed by atoms with Crippen LogP contribution in [0.15, 0.2) is 71.0 Å². The standard InChI is InChI=1S/C32H35Cl2N3O7S3/c1-23-18-28(37(14-4-16-43-46(2,38)39)15-5-17-44-47(3,40)41)12-8-25(23)20-35-27-10-6-24(7-11-27)30-22-45-32(36-30)21-42-31-13-9-26(33)19-29(31)34/h6-13,18-20,22H,4-5,14-17,21H2,1-3H3. The van der Waals surface area contributed by atoms with E-state index in [9.17, 15) is 16.8 Å². The van der Waals surface area contributed by atoms with Crippen molar-refractivity contribution in [3.8, 4) is 17.0 Å². The summed E-state index contributed by atoms with van der Waals surface area (Å²) in [6, 6.07) is 18.8. The highest BCUT2D eigenvalue weighted by molar-refractivity contribution is 7.86. The van der Waals surface area contributed by atoms with Crippen LogP contribution in [0.3, 0.4) is 0 Å². The smallest absolute Gasteiger partial charge is 0.264 e. The van der Waals surface area contributed by atoms with Crippen molar-refractivity contribution in [1.82, 2.24) is 4.98 Å². The zero-order valence-corrected chi connectivity index (χ0v) is 30.0. The van der Waals surface area contributed by atoms with Crippen LogP contribution in [0.1, 0.15) is 29.0 Å². The van der Waals surface area contributed by atoms with Gasteiger partial charge in [0, 0.05) is 41.0 Å². The largest absolute Gasteiger partial charge is 0.485 e. The third-order valence-electron chi connectivity index (χ3n) is 6.67. The highest BCUT2D eigenvalue weighted by Crippen LogP contribution is 2.30. The fraction of sp³-hybridized carbons (Fsp3) is 0.312. The van der Waals surface area contributed by atoms with Crippen LogP contribution in [-0.2, 0) is 35.2 Å². The zero-order valence-electron chi connectivity index (χ0n) is 26.1. The number of ether oxygens (including phenoxy) is 1. The molecule has 0 amide bonds. The van der Waals surface area contributed by atoms with Gasteiger partial charge in [0.1, 0.15) is 17.4 Å². The average molecular weight is 741 g/mol. The summed E-state index contributed by atoms with van der Waals surface area (Å²) >= 11 is 13.6. The van der Waals surface area contributed by atoms with Gasteiger partial charge in [0.05, 0.1) is 42.1 Å². The lowest BCUT2D eigenvalue weighted by molar-refractivity contribution is 0.306. The van der Waals surface area contributed by atoms with E-state index in [2.05, 4.69) is 9.98 Å². The first-order chi connectivity index (χ1) is 22.3. The number of anilines is 1. The quantitative estimate of drug-likeness (QED) is 0.0624. The lowest BCUT2D eigenvalue weighted by atomic mass is 10.1. The van der Waals surface area contributed by atoms with E-state index in [-0.39, 0.29) is 13.2 Å². The Bertz CT molecular complexity index is 1860. The van der Waals surface area contributed by atoms with Gasteiger partial charge in [0.2, 0.25) is 0 Å². The topological polar surface area (TPSA) is 124 Å². The van der Waals surface area contributed by atoms with Gasteiger partial charge < -0.3 is 9.64 Å². The molecule has 0 radical (unpaired) electrons. The monoisotopic (exact) mass is 739 g/mol. The zero-order chi connectivity index (χ0) is 34.0. The Labute approximate surface area is 290 Å². The van der Waals surface area contributed by atoms with Crippen LogP contribution >= 0.6 is 34.5 Å². The number of halogens is 2. The normalized spacial score (nSPS) is 12.1. The predicted octanol–water partition coefficient (Wildman–Crippen LogP) is 7.29. The van der Waals surface area contributed by atoms with Crippen molar-refractivity contribution in [1.29, 1.82) is 0 Å². The molecule has 1 aromatic heterocycles. The Kier molecular flexibility index (Phi) is 13.2. The van der Waals surface area contributed by atoms with Gasteiger partial charge in [-0.25, -0.2) is 4.98 Å². The van der Waals surface area contributed by atoms with E-state index in [1.165, 1.54) is 11.3 Å². The Balaban J connectivity index is 1.37. The summed E-state index contributed by atoms with van der Waals surface area (Å²) in [5.74, 6) is 0.548.